The Morgan fingerprint density at radius 2 is 2.19 bits per heavy atom. The zero-order valence-electron chi connectivity index (χ0n) is 9.76. The van der Waals surface area contributed by atoms with E-state index in [0.717, 1.165) is 30.3 Å². The Labute approximate surface area is 95.1 Å². The van der Waals surface area contributed by atoms with Gasteiger partial charge in [0.2, 0.25) is 0 Å². The quantitative estimate of drug-likeness (QED) is 0.783. The first kappa shape index (κ1) is 11.1. The maximum absolute atomic E-state index is 13.2. The van der Waals surface area contributed by atoms with E-state index in [1.54, 1.807) is 6.07 Å². The lowest BCUT2D eigenvalue weighted by Gasteiger charge is -1.99. The summed E-state index contributed by atoms with van der Waals surface area (Å²) in [5, 5.41) is 4.16. The highest BCUT2D eigenvalue weighted by Gasteiger charge is 2.06. The minimum atomic E-state index is -0.159. The van der Waals surface area contributed by atoms with Gasteiger partial charge < -0.3 is 9.88 Å². The molecule has 2 nitrogen and oxygen atoms in total. The SMILES string of the molecule is CNCCCc1cn(C)c2ccc(F)cc12. The molecule has 0 aliphatic heterocycles. The molecule has 0 radical (unpaired) electrons. The second-order valence-electron chi connectivity index (χ2n) is 4.13. The van der Waals surface area contributed by atoms with Gasteiger partial charge in [-0.15, -0.1) is 0 Å². The first-order valence-electron chi connectivity index (χ1n) is 5.60. The van der Waals surface area contributed by atoms with Crippen LogP contribution in [0, 0.1) is 5.82 Å². The zero-order chi connectivity index (χ0) is 11.5. The molecule has 16 heavy (non-hydrogen) atoms. The minimum absolute atomic E-state index is 0.159. The summed E-state index contributed by atoms with van der Waals surface area (Å²) < 4.78 is 15.3. The summed E-state index contributed by atoms with van der Waals surface area (Å²) in [4.78, 5) is 0. The molecule has 1 N–H and O–H groups in total. The van der Waals surface area contributed by atoms with Crippen molar-refractivity contribution in [2.75, 3.05) is 13.6 Å². The normalized spacial score (nSPS) is 11.2. The van der Waals surface area contributed by atoms with Crippen LogP contribution in [0.2, 0.25) is 0 Å². The van der Waals surface area contributed by atoms with Gasteiger partial charge in [-0.25, -0.2) is 4.39 Å². The number of hydrogen-bond acceptors (Lipinski definition) is 1. The fraction of sp³-hybridized carbons (Fsp3) is 0.385. The fourth-order valence-electron chi connectivity index (χ4n) is 2.10. The predicted molar refractivity (Wildman–Crippen MR) is 65.1 cm³/mol. The van der Waals surface area contributed by atoms with Crippen molar-refractivity contribution in [3.05, 3.63) is 35.8 Å². The van der Waals surface area contributed by atoms with E-state index < -0.39 is 0 Å². The van der Waals surface area contributed by atoms with E-state index in [2.05, 4.69) is 16.1 Å². The van der Waals surface area contributed by atoms with Crippen molar-refractivity contribution in [3.8, 4) is 0 Å². The lowest BCUT2D eigenvalue weighted by atomic mass is 10.1. The molecule has 0 saturated heterocycles. The molecular weight excluding hydrogens is 203 g/mol. The number of nitrogens with zero attached hydrogens (tertiary/aromatic N) is 1. The van der Waals surface area contributed by atoms with Crippen LogP contribution in [0.3, 0.4) is 0 Å². The molecule has 0 aliphatic rings. The molecule has 0 spiro atoms. The van der Waals surface area contributed by atoms with Gasteiger partial charge in [-0.2, -0.15) is 0 Å². The highest BCUT2D eigenvalue weighted by molar-refractivity contribution is 5.84. The van der Waals surface area contributed by atoms with E-state index in [-0.39, 0.29) is 5.82 Å². The second-order valence-corrected chi connectivity index (χ2v) is 4.13. The average Bonchev–Trinajstić information content (AvgIpc) is 2.56. The molecule has 0 fully saturated rings. The number of halogens is 1. The van der Waals surface area contributed by atoms with Gasteiger partial charge in [0, 0.05) is 24.1 Å². The molecule has 2 rings (SSSR count). The van der Waals surface area contributed by atoms with Crippen LogP contribution in [-0.4, -0.2) is 18.2 Å². The summed E-state index contributed by atoms with van der Waals surface area (Å²) in [6.07, 6.45) is 4.16. The van der Waals surface area contributed by atoms with Crippen LogP contribution >= 0.6 is 0 Å². The molecular formula is C13H17FN2. The Morgan fingerprint density at radius 3 is 2.94 bits per heavy atom. The van der Waals surface area contributed by atoms with Gasteiger partial charge in [-0.3, -0.25) is 0 Å². The van der Waals surface area contributed by atoms with Crippen LogP contribution in [0.15, 0.2) is 24.4 Å². The highest BCUT2D eigenvalue weighted by Crippen LogP contribution is 2.22. The minimum Gasteiger partial charge on any atom is -0.350 e. The number of aromatic nitrogens is 1. The van der Waals surface area contributed by atoms with Crippen LogP contribution in [0.1, 0.15) is 12.0 Å². The first-order valence-corrected chi connectivity index (χ1v) is 5.60. The van der Waals surface area contributed by atoms with Crippen molar-refractivity contribution in [2.24, 2.45) is 7.05 Å². The van der Waals surface area contributed by atoms with Crippen molar-refractivity contribution in [1.29, 1.82) is 0 Å². The molecule has 1 aromatic heterocycles. The van der Waals surface area contributed by atoms with Gasteiger partial charge in [-0.05, 0) is 50.2 Å². The topological polar surface area (TPSA) is 17.0 Å². The number of fused-ring (bicyclic) bond motifs is 1. The number of benzene rings is 1. The third kappa shape index (κ3) is 2.09. The molecule has 0 unspecified atom stereocenters. The van der Waals surface area contributed by atoms with Crippen molar-refractivity contribution in [2.45, 2.75) is 12.8 Å². The van der Waals surface area contributed by atoms with Gasteiger partial charge in [-0.1, -0.05) is 0 Å². The number of hydrogen-bond donors (Lipinski definition) is 1. The molecule has 0 saturated carbocycles. The highest BCUT2D eigenvalue weighted by atomic mass is 19.1. The maximum atomic E-state index is 13.2. The summed E-state index contributed by atoms with van der Waals surface area (Å²) >= 11 is 0. The Hall–Kier alpha value is -1.35. The molecule has 0 amide bonds. The van der Waals surface area contributed by atoms with E-state index in [0.29, 0.717) is 0 Å². The Morgan fingerprint density at radius 1 is 1.38 bits per heavy atom. The molecule has 0 bridgehead atoms. The van der Waals surface area contributed by atoms with E-state index in [9.17, 15) is 4.39 Å². The largest absolute Gasteiger partial charge is 0.350 e. The Kier molecular flexibility index (Phi) is 3.25. The van der Waals surface area contributed by atoms with Gasteiger partial charge in [0.1, 0.15) is 5.82 Å². The molecule has 1 heterocycles. The van der Waals surface area contributed by atoms with Gasteiger partial charge in [0.25, 0.3) is 0 Å². The van der Waals surface area contributed by atoms with Crippen LogP contribution in [-0.2, 0) is 13.5 Å². The van der Waals surface area contributed by atoms with E-state index in [4.69, 9.17) is 0 Å². The summed E-state index contributed by atoms with van der Waals surface area (Å²) in [5.74, 6) is -0.159. The fourth-order valence-corrected chi connectivity index (χ4v) is 2.10. The molecule has 3 heteroatoms. The van der Waals surface area contributed by atoms with Crippen LogP contribution in [0.4, 0.5) is 4.39 Å². The lowest BCUT2D eigenvalue weighted by molar-refractivity contribution is 0.629. The predicted octanol–water partition coefficient (Wildman–Crippen LogP) is 2.47. The monoisotopic (exact) mass is 220 g/mol. The molecule has 86 valence electrons. The van der Waals surface area contributed by atoms with E-state index in [1.807, 2.05) is 20.2 Å². The number of nitrogens with one attached hydrogen (secondary N) is 1. The molecule has 1 aromatic carbocycles. The number of rotatable bonds is 4. The zero-order valence-corrected chi connectivity index (χ0v) is 9.76. The van der Waals surface area contributed by atoms with E-state index >= 15 is 0 Å². The standard InChI is InChI=1S/C13H17FN2/c1-15-7-3-4-10-9-16(2)13-6-5-11(14)8-12(10)13/h5-6,8-9,15H,3-4,7H2,1-2H3. The van der Waals surface area contributed by atoms with Crippen molar-refractivity contribution in [1.82, 2.24) is 9.88 Å². The van der Waals surface area contributed by atoms with Crippen LogP contribution < -0.4 is 5.32 Å². The molecule has 0 atom stereocenters. The van der Waals surface area contributed by atoms with Crippen molar-refractivity contribution < 1.29 is 4.39 Å². The summed E-state index contributed by atoms with van der Waals surface area (Å²) in [6.45, 7) is 0.992. The van der Waals surface area contributed by atoms with Gasteiger partial charge >= 0.3 is 0 Å². The maximum Gasteiger partial charge on any atom is 0.123 e. The van der Waals surface area contributed by atoms with Crippen LogP contribution in [0.25, 0.3) is 10.9 Å². The van der Waals surface area contributed by atoms with Crippen LogP contribution in [0.5, 0.6) is 0 Å². The smallest absolute Gasteiger partial charge is 0.123 e. The van der Waals surface area contributed by atoms with Gasteiger partial charge in [0.15, 0.2) is 0 Å². The first-order chi connectivity index (χ1) is 7.72. The molecule has 0 aliphatic carbocycles. The number of aryl methyl sites for hydroxylation is 2. The Bertz CT molecular complexity index is 488. The summed E-state index contributed by atoms with van der Waals surface area (Å²) in [6, 6.07) is 4.98. The van der Waals surface area contributed by atoms with E-state index in [1.165, 1.54) is 11.6 Å². The van der Waals surface area contributed by atoms with Crippen molar-refractivity contribution >= 4 is 10.9 Å². The third-order valence-corrected chi connectivity index (χ3v) is 2.91. The average molecular weight is 220 g/mol. The van der Waals surface area contributed by atoms with Gasteiger partial charge in [0.05, 0.1) is 0 Å². The van der Waals surface area contributed by atoms with Crippen molar-refractivity contribution in [3.63, 3.8) is 0 Å². The summed E-state index contributed by atoms with van der Waals surface area (Å²) in [5.41, 5.74) is 2.33. The second kappa shape index (κ2) is 4.66. The molecule has 2 aromatic rings. The Balaban J connectivity index is 2.33. The summed E-state index contributed by atoms with van der Waals surface area (Å²) in [7, 11) is 3.95. The lowest BCUT2D eigenvalue weighted by Crippen LogP contribution is -2.08. The third-order valence-electron chi connectivity index (χ3n) is 2.91.